The minimum Gasteiger partial charge on any atom is -0.494 e. The predicted octanol–water partition coefficient (Wildman–Crippen LogP) is 2.08. The highest BCUT2D eigenvalue weighted by Crippen LogP contribution is 2.17. The molecule has 6 nitrogen and oxygen atoms in total. The molecule has 0 unspecified atom stereocenters. The number of carboxylic acids is 1. The van der Waals surface area contributed by atoms with Crippen LogP contribution in [0.1, 0.15) is 27.2 Å². The minimum atomic E-state index is -1.04. The standard InChI is InChI=1S/C16H23NO5/c1-4-11(3)15(16(19)20)17-14(18)10-22-13-8-6-12(7-9-13)21-5-2/h6-9,11,15H,4-5,10H2,1-3H3,(H,17,18)(H,19,20)/t11-,15-/m0/s1. The van der Waals surface area contributed by atoms with E-state index >= 15 is 0 Å². The maximum atomic E-state index is 11.8. The van der Waals surface area contributed by atoms with Crippen LogP contribution in [0.4, 0.5) is 0 Å². The highest BCUT2D eigenvalue weighted by Gasteiger charge is 2.25. The van der Waals surface area contributed by atoms with E-state index in [1.807, 2.05) is 13.8 Å². The molecule has 1 aromatic carbocycles. The highest BCUT2D eigenvalue weighted by molar-refractivity contribution is 5.84. The Morgan fingerprint density at radius 1 is 1.14 bits per heavy atom. The van der Waals surface area contributed by atoms with Gasteiger partial charge in [-0.3, -0.25) is 4.79 Å². The Bertz CT molecular complexity index is 486. The molecule has 0 bridgehead atoms. The summed E-state index contributed by atoms with van der Waals surface area (Å²) in [6.45, 7) is 5.91. The molecule has 1 rings (SSSR count). The number of rotatable bonds is 9. The molecule has 0 aliphatic carbocycles. The van der Waals surface area contributed by atoms with Gasteiger partial charge in [-0.05, 0) is 37.1 Å². The molecule has 2 N–H and O–H groups in total. The molecular formula is C16H23NO5. The van der Waals surface area contributed by atoms with Gasteiger partial charge in [-0.2, -0.15) is 0 Å². The van der Waals surface area contributed by atoms with Crippen molar-refractivity contribution in [2.45, 2.75) is 33.2 Å². The lowest BCUT2D eigenvalue weighted by molar-refractivity contribution is -0.143. The first-order valence-corrected chi connectivity index (χ1v) is 7.35. The van der Waals surface area contributed by atoms with Gasteiger partial charge >= 0.3 is 5.97 Å². The third-order valence-corrected chi connectivity index (χ3v) is 3.30. The smallest absolute Gasteiger partial charge is 0.326 e. The zero-order chi connectivity index (χ0) is 16.5. The molecule has 1 amide bonds. The largest absolute Gasteiger partial charge is 0.494 e. The van der Waals surface area contributed by atoms with Crippen LogP contribution in [0, 0.1) is 5.92 Å². The first kappa shape index (κ1) is 17.8. The third-order valence-electron chi connectivity index (χ3n) is 3.30. The fourth-order valence-electron chi connectivity index (χ4n) is 1.85. The number of nitrogens with one attached hydrogen (secondary N) is 1. The lowest BCUT2D eigenvalue weighted by atomic mass is 9.99. The topological polar surface area (TPSA) is 84.9 Å². The van der Waals surface area contributed by atoms with Crippen molar-refractivity contribution in [3.8, 4) is 11.5 Å². The fraction of sp³-hybridized carbons (Fsp3) is 0.500. The van der Waals surface area contributed by atoms with Gasteiger partial charge in [0, 0.05) is 0 Å². The van der Waals surface area contributed by atoms with E-state index in [0.29, 0.717) is 18.8 Å². The molecule has 0 fully saturated rings. The molecule has 0 aromatic heterocycles. The molecule has 0 aliphatic rings. The summed E-state index contributed by atoms with van der Waals surface area (Å²) in [7, 11) is 0. The van der Waals surface area contributed by atoms with Crippen LogP contribution in [0.3, 0.4) is 0 Å². The Hall–Kier alpha value is -2.24. The van der Waals surface area contributed by atoms with E-state index in [2.05, 4.69) is 5.32 Å². The maximum Gasteiger partial charge on any atom is 0.326 e. The van der Waals surface area contributed by atoms with Crippen molar-refractivity contribution in [1.82, 2.24) is 5.32 Å². The number of aliphatic carboxylic acids is 1. The van der Waals surface area contributed by atoms with Gasteiger partial charge in [-0.15, -0.1) is 0 Å². The number of carboxylic acid groups (broad SMARTS) is 1. The van der Waals surface area contributed by atoms with Crippen LogP contribution in [-0.4, -0.2) is 36.2 Å². The zero-order valence-corrected chi connectivity index (χ0v) is 13.2. The van der Waals surface area contributed by atoms with Crippen molar-refractivity contribution in [2.75, 3.05) is 13.2 Å². The van der Waals surface area contributed by atoms with Gasteiger partial charge < -0.3 is 19.9 Å². The van der Waals surface area contributed by atoms with E-state index in [4.69, 9.17) is 14.6 Å². The number of ether oxygens (including phenoxy) is 2. The van der Waals surface area contributed by atoms with Crippen LogP contribution in [0.15, 0.2) is 24.3 Å². The van der Waals surface area contributed by atoms with Gasteiger partial charge in [-0.25, -0.2) is 4.79 Å². The number of hydrogen-bond donors (Lipinski definition) is 2. The van der Waals surface area contributed by atoms with Crippen molar-refractivity contribution < 1.29 is 24.2 Å². The van der Waals surface area contributed by atoms with Crippen LogP contribution < -0.4 is 14.8 Å². The van der Waals surface area contributed by atoms with Gasteiger partial charge in [0.15, 0.2) is 6.61 Å². The number of hydrogen-bond acceptors (Lipinski definition) is 4. The summed E-state index contributed by atoms with van der Waals surface area (Å²) in [5.74, 6) is -0.395. The van der Waals surface area contributed by atoms with Gasteiger partial charge in [0.05, 0.1) is 6.61 Å². The van der Waals surface area contributed by atoms with E-state index in [0.717, 1.165) is 5.75 Å². The molecule has 0 saturated carbocycles. The summed E-state index contributed by atoms with van der Waals surface area (Å²) in [4.78, 5) is 22.9. The molecule has 2 atom stereocenters. The first-order chi connectivity index (χ1) is 10.5. The van der Waals surface area contributed by atoms with Gasteiger partial charge in [0.1, 0.15) is 17.5 Å². The molecule has 122 valence electrons. The van der Waals surface area contributed by atoms with Crippen molar-refractivity contribution in [3.63, 3.8) is 0 Å². The molecule has 0 radical (unpaired) electrons. The monoisotopic (exact) mass is 309 g/mol. The Kier molecular flexibility index (Phi) is 7.22. The number of benzene rings is 1. The Morgan fingerprint density at radius 2 is 1.68 bits per heavy atom. The molecular weight excluding hydrogens is 286 g/mol. The van der Waals surface area contributed by atoms with E-state index in [9.17, 15) is 9.59 Å². The minimum absolute atomic E-state index is 0.146. The molecule has 6 heteroatoms. The van der Waals surface area contributed by atoms with Crippen LogP contribution in [-0.2, 0) is 9.59 Å². The van der Waals surface area contributed by atoms with Crippen LogP contribution >= 0.6 is 0 Å². The Balaban J connectivity index is 2.49. The molecule has 1 aromatic rings. The lowest BCUT2D eigenvalue weighted by Gasteiger charge is -2.20. The third kappa shape index (κ3) is 5.63. The van der Waals surface area contributed by atoms with Crippen molar-refractivity contribution in [3.05, 3.63) is 24.3 Å². The second-order valence-electron chi connectivity index (χ2n) is 4.96. The maximum absolute atomic E-state index is 11.8. The molecule has 0 aliphatic heterocycles. The average molecular weight is 309 g/mol. The van der Waals surface area contributed by atoms with E-state index in [1.54, 1.807) is 31.2 Å². The lowest BCUT2D eigenvalue weighted by Crippen LogP contribution is -2.46. The van der Waals surface area contributed by atoms with Crippen molar-refractivity contribution >= 4 is 11.9 Å². The van der Waals surface area contributed by atoms with Gasteiger partial charge in [0.25, 0.3) is 5.91 Å². The van der Waals surface area contributed by atoms with Gasteiger partial charge in [-0.1, -0.05) is 20.3 Å². The van der Waals surface area contributed by atoms with E-state index < -0.39 is 17.9 Å². The average Bonchev–Trinajstić information content (AvgIpc) is 2.51. The summed E-state index contributed by atoms with van der Waals surface area (Å²) < 4.78 is 10.6. The van der Waals surface area contributed by atoms with Crippen LogP contribution in [0.25, 0.3) is 0 Å². The SMILES string of the molecule is CCOc1ccc(OCC(=O)N[C@H](C(=O)O)[C@@H](C)CC)cc1. The predicted molar refractivity (Wildman–Crippen MR) is 82.1 cm³/mol. The number of carbonyl (C=O) groups is 2. The molecule has 0 spiro atoms. The number of carbonyl (C=O) groups excluding carboxylic acids is 1. The van der Waals surface area contributed by atoms with Gasteiger partial charge in [0.2, 0.25) is 0 Å². The second kappa shape index (κ2) is 8.92. The fourth-order valence-corrected chi connectivity index (χ4v) is 1.85. The molecule has 0 heterocycles. The first-order valence-electron chi connectivity index (χ1n) is 7.35. The molecule has 0 saturated heterocycles. The summed E-state index contributed by atoms with van der Waals surface area (Å²) in [6, 6.07) is 5.98. The Morgan fingerprint density at radius 3 is 2.14 bits per heavy atom. The number of amides is 1. The molecule has 22 heavy (non-hydrogen) atoms. The summed E-state index contributed by atoms with van der Waals surface area (Å²) in [5.41, 5.74) is 0. The normalized spacial score (nSPS) is 13.0. The summed E-state index contributed by atoms with van der Waals surface area (Å²) >= 11 is 0. The summed E-state index contributed by atoms with van der Waals surface area (Å²) in [6.07, 6.45) is 0.664. The summed E-state index contributed by atoms with van der Waals surface area (Å²) in [5, 5.41) is 11.6. The van der Waals surface area contributed by atoms with Crippen molar-refractivity contribution in [1.29, 1.82) is 0 Å². The van der Waals surface area contributed by atoms with Crippen LogP contribution in [0.5, 0.6) is 11.5 Å². The van der Waals surface area contributed by atoms with E-state index in [1.165, 1.54) is 0 Å². The van der Waals surface area contributed by atoms with E-state index in [-0.39, 0.29) is 12.5 Å². The second-order valence-corrected chi connectivity index (χ2v) is 4.96. The van der Waals surface area contributed by atoms with Crippen molar-refractivity contribution in [2.24, 2.45) is 5.92 Å². The highest BCUT2D eigenvalue weighted by atomic mass is 16.5. The Labute approximate surface area is 130 Å². The van der Waals surface area contributed by atoms with Crippen LogP contribution in [0.2, 0.25) is 0 Å². The quantitative estimate of drug-likeness (QED) is 0.729. The zero-order valence-electron chi connectivity index (χ0n) is 13.2.